The molecule has 0 aliphatic rings. The van der Waals surface area contributed by atoms with Gasteiger partial charge in [-0.2, -0.15) is 0 Å². The number of hydrogen-bond donors (Lipinski definition) is 0. The maximum Gasteiger partial charge on any atom is 0.330 e. The third-order valence-electron chi connectivity index (χ3n) is 3.09. The van der Waals surface area contributed by atoms with E-state index in [0.717, 1.165) is 22.3 Å². The number of non-ortho nitro benzene ring substituents is 1. The van der Waals surface area contributed by atoms with Gasteiger partial charge in [-0.25, -0.2) is 4.79 Å². The molecule has 0 heterocycles. The fourth-order valence-electron chi connectivity index (χ4n) is 2.07. The standard InChI is InChI=1S/C19H21NO4/c1-14(5-10-19(21)24-4)11-15(2)12-16(3)13-17-6-8-18(9-7-17)20(22)23/h5-13H,1-4H3/b10-5+,14-11-,15-12-,16-13-. The highest BCUT2D eigenvalue weighted by Crippen LogP contribution is 2.15. The zero-order chi connectivity index (χ0) is 18.1. The molecule has 0 saturated heterocycles. The molecule has 0 atom stereocenters. The van der Waals surface area contributed by atoms with E-state index in [2.05, 4.69) is 4.74 Å². The molecule has 0 N–H and O–H groups in total. The quantitative estimate of drug-likeness (QED) is 0.251. The van der Waals surface area contributed by atoms with Gasteiger partial charge in [-0.15, -0.1) is 0 Å². The van der Waals surface area contributed by atoms with Crippen LogP contribution in [0.4, 0.5) is 5.69 Å². The molecule has 126 valence electrons. The topological polar surface area (TPSA) is 69.4 Å². The van der Waals surface area contributed by atoms with Crippen LogP contribution in [0.15, 0.2) is 65.3 Å². The summed E-state index contributed by atoms with van der Waals surface area (Å²) in [6, 6.07) is 6.39. The summed E-state index contributed by atoms with van der Waals surface area (Å²) < 4.78 is 4.54. The van der Waals surface area contributed by atoms with Crippen molar-refractivity contribution < 1.29 is 14.5 Å². The minimum Gasteiger partial charge on any atom is -0.466 e. The average molecular weight is 327 g/mol. The highest BCUT2D eigenvalue weighted by Gasteiger charge is 2.02. The number of nitrogens with zero attached hydrogens (tertiary/aromatic N) is 1. The van der Waals surface area contributed by atoms with Crippen LogP contribution >= 0.6 is 0 Å². The number of methoxy groups -OCH3 is 1. The van der Waals surface area contributed by atoms with Crippen molar-refractivity contribution in [2.24, 2.45) is 0 Å². The summed E-state index contributed by atoms with van der Waals surface area (Å²) in [5, 5.41) is 10.6. The van der Waals surface area contributed by atoms with Crippen molar-refractivity contribution in [2.45, 2.75) is 20.8 Å². The van der Waals surface area contributed by atoms with Crippen molar-refractivity contribution >= 4 is 17.7 Å². The van der Waals surface area contributed by atoms with E-state index in [1.807, 2.05) is 39.0 Å². The summed E-state index contributed by atoms with van der Waals surface area (Å²) in [7, 11) is 1.34. The number of nitro groups is 1. The van der Waals surface area contributed by atoms with E-state index in [4.69, 9.17) is 0 Å². The molecule has 0 unspecified atom stereocenters. The zero-order valence-corrected chi connectivity index (χ0v) is 14.3. The van der Waals surface area contributed by atoms with Crippen LogP contribution in [0.3, 0.4) is 0 Å². The maximum atomic E-state index is 11.0. The SMILES string of the molecule is COC(=O)/C=C/C(C)=C\C(C)=C/C(C)=C\c1ccc([N+](=O)[O-])cc1. The van der Waals surface area contributed by atoms with Gasteiger partial charge < -0.3 is 4.74 Å². The van der Waals surface area contributed by atoms with Gasteiger partial charge >= 0.3 is 5.97 Å². The van der Waals surface area contributed by atoms with Gasteiger partial charge in [0.05, 0.1) is 12.0 Å². The zero-order valence-electron chi connectivity index (χ0n) is 14.3. The fraction of sp³-hybridized carbons (Fsp3) is 0.211. The molecular weight excluding hydrogens is 306 g/mol. The Kier molecular flexibility index (Phi) is 7.36. The Balaban J connectivity index is 2.84. The van der Waals surface area contributed by atoms with E-state index in [1.165, 1.54) is 25.3 Å². The molecule has 0 aliphatic heterocycles. The lowest BCUT2D eigenvalue weighted by Gasteiger charge is -1.99. The molecule has 1 rings (SSSR count). The molecule has 0 aromatic heterocycles. The summed E-state index contributed by atoms with van der Waals surface area (Å²) in [5.74, 6) is -0.390. The van der Waals surface area contributed by atoms with Crippen molar-refractivity contribution in [1.82, 2.24) is 0 Å². The lowest BCUT2D eigenvalue weighted by molar-refractivity contribution is -0.384. The molecule has 5 heteroatoms. The largest absolute Gasteiger partial charge is 0.466 e. The van der Waals surface area contributed by atoms with Gasteiger partial charge in [-0.1, -0.05) is 41.0 Å². The highest BCUT2D eigenvalue weighted by molar-refractivity contribution is 5.82. The number of hydrogen-bond acceptors (Lipinski definition) is 4. The summed E-state index contributed by atoms with van der Waals surface area (Å²) in [6.07, 6.45) is 8.96. The van der Waals surface area contributed by atoms with Crippen LogP contribution in [0.5, 0.6) is 0 Å². The minimum absolute atomic E-state index is 0.0764. The van der Waals surface area contributed by atoms with Crippen molar-refractivity contribution in [3.63, 3.8) is 0 Å². The summed E-state index contributed by atoms with van der Waals surface area (Å²) in [5.41, 5.74) is 3.94. The van der Waals surface area contributed by atoms with Crippen LogP contribution in [-0.2, 0) is 9.53 Å². The number of benzene rings is 1. The summed E-state index contributed by atoms with van der Waals surface area (Å²) in [4.78, 5) is 21.3. The maximum absolute atomic E-state index is 11.0. The number of ether oxygens (including phenoxy) is 1. The van der Waals surface area contributed by atoms with Crippen LogP contribution in [0.2, 0.25) is 0 Å². The molecule has 1 aromatic rings. The first-order valence-corrected chi connectivity index (χ1v) is 7.37. The van der Waals surface area contributed by atoms with Gasteiger partial charge in [0.15, 0.2) is 0 Å². The number of nitro benzene ring substituents is 1. The van der Waals surface area contributed by atoms with Crippen LogP contribution in [-0.4, -0.2) is 18.0 Å². The van der Waals surface area contributed by atoms with E-state index in [9.17, 15) is 14.9 Å². The third-order valence-corrected chi connectivity index (χ3v) is 3.09. The van der Waals surface area contributed by atoms with Gasteiger partial charge in [0.2, 0.25) is 0 Å². The second-order valence-electron chi connectivity index (χ2n) is 5.37. The number of allylic oxidation sites excluding steroid dienone is 6. The smallest absolute Gasteiger partial charge is 0.330 e. The molecule has 0 fully saturated rings. The lowest BCUT2D eigenvalue weighted by atomic mass is 10.1. The first-order valence-electron chi connectivity index (χ1n) is 7.37. The van der Waals surface area contributed by atoms with Crippen molar-refractivity contribution in [3.05, 3.63) is 81.0 Å². The second kappa shape index (κ2) is 9.25. The van der Waals surface area contributed by atoms with E-state index in [0.29, 0.717) is 0 Å². The van der Waals surface area contributed by atoms with E-state index in [-0.39, 0.29) is 5.69 Å². The van der Waals surface area contributed by atoms with Crippen LogP contribution in [0.1, 0.15) is 26.3 Å². The Morgan fingerprint density at radius 2 is 1.58 bits per heavy atom. The van der Waals surface area contributed by atoms with Gasteiger partial charge in [0.1, 0.15) is 0 Å². The Bertz CT molecular complexity index is 722. The molecular formula is C19H21NO4. The lowest BCUT2D eigenvalue weighted by Crippen LogP contribution is -1.93. The molecule has 0 aliphatic carbocycles. The number of carbonyl (C=O) groups excluding carboxylic acids is 1. The number of esters is 1. The van der Waals surface area contributed by atoms with Gasteiger partial charge in [-0.3, -0.25) is 10.1 Å². The molecule has 5 nitrogen and oxygen atoms in total. The fourth-order valence-corrected chi connectivity index (χ4v) is 2.07. The van der Waals surface area contributed by atoms with Crippen LogP contribution in [0.25, 0.3) is 6.08 Å². The van der Waals surface area contributed by atoms with Crippen molar-refractivity contribution in [3.8, 4) is 0 Å². The predicted octanol–water partition coefficient (Wildman–Crippen LogP) is 4.62. The van der Waals surface area contributed by atoms with Crippen molar-refractivity contribution in [2.75, 3.05) is 7.11 Å². The highest BCUT2D eigenvalue weighted by atomic mass is 16.6. The summed E-state index contributed by atoms with van der Waals surface area (Å²) in [6.45, 7) is 5.81. The molecule has 0 radical (unpaired) electrons. The van der Waals surface area contributed by atoms with Gasteiger partial charge in [0.25, 0.3) is 5.69 Å². The minimum atomic E-state index is -0.417. The van der Waals surface area contributed by atoms with Gasteiger partial charge in [0, 0.05) is 18.2 Å². The van der Waals surface area contributed by atoms with E-state index in [1.54, 1.807) is 18.2 Å². The molecule has 1 aromatic carbocycles. The molecule has 0 spiro atoms. The first kappa shape index (κ1) is 19.1. The van der Waals surface area contributed by atoms with Crippen LogP contribution in [0, 0.1) is 10.1 Å². The molecule has 24 heavy (non-hydrogen) atoms. The molecule has 0 saturated carbocycles. The normalized spacial score (nSPS) is 13.2. The predicted molar refractivity (Wildman–Crippen MR) is 95.4 cm³/mol. The average Bonchev–Trinajstić information content (AvgIpc) is 2.52. The Morgan fingerprint density at radius 3 is 2.12 bits per heavy atom. The number of carbonyl (C=O) groups is 1. The summed E-state index contributed by atoms with van der Waals surface area (Å²) >= 11 is 0. The monoisotopic (exact) mass is 327 g/mol. The van der Waals surface area contributed by atoms with Crippen LogP contribution < -0.4 is 0 Å². The second-order valence-corrected chi connectivity index (χ2v) is 5.37. The molecule has 0 amide bonds. The Labute approximate surface area is 141 Å². The number of rotatable bonds is 6. The molecule has 0 bridgehead atoms. The third kappa shape index (κ3) is 6.87. The Hall–Kier alpha value is -2.95. The van der Waals surface area contributed by atoms with Crippen molar-refractivity contribution in [1.29, 1.82) is 0 Å². The van der Waals surface area contributed by atoms with Gasteiger partial charge in [-0.05, 0) is 38.5 Å². The first-order chi connectivity index (χ1) is 11.3. The Morgan fingerprint density at radius 1 is 1.00 bits per heavy atom. The van der Waals surface area contributed by atoms with E-state index < -0.39 is 10.9 Å². The van der Waals surface area contributed by atoms with E-state index >= 15 is 0 Å².